The fourth-order valence-electron chi connectivity index (χ4n) is 1.83. The Morgan fingerprint density at radius 2 is 2.15 bits per heavy atom. The van der Waals surface area contributed by atoms with Gasteiger partial charge in [-0.3, -0.25) is 14.9 Å². The number of nitrogens with zero attached hydrogens (tertiary/aromatic N) is 1. The number of hydrogen-bond acceptors (Lipinski definition) is 6. The average molecular weight is 297 g/mol. The Balaban J connectivity index is 2.34. The van der Waals surface area contributed by atoms with Crippen molar-refractivity contribution in [2.75, 3.05) is 11.1 Å². The number of nitro benzene ring substituents is 1. The van der Waals surface area contributed by atoms with Gasteiger partial charge in [0.2, 0.25) is 5.91 Å². The van der Waals surface area contributed by atoms with Gasteiger partial charge in [0.05, 0.1) is 16.7 Å². The molecule has 1 aromatic carbocycles. The molecule has 0 radical (unpaired) electrons. The van der Waals surface area contributed by atoms with E-state index in [0.717, 1.165) is 11.5 Å². The highest BCUT2D eigenvalue weighted by Crippen LogP contribution is 2.27. The van der Waals surface area contributed by atoms with Gasteiger partial charge in [-0.1, -0.05) is 6.08 Å². The number of rotatable bonds is 4. The van der Waals surface area contributed by atoms with Crippen LogP contribution in [0.1, 0.15) is 10.4 Å². The number of nitro groups is 1. The van der Waals surface area contributed by atoms with Crippen LogP contribution in [0.2, 0.25) is 0 Å². The summed E-state index contributed by atoms with van der Waals surface area (Å²) in [6.07, 6.45) is 1.40. The van der Waals surface area contributed by atoms with Crippen LogP contribution in [-0.4, -0.2) is 31.0 Å². The molecule has 3 N–H and O–H groups in total. The first-order chi connectivity index (χ1) is 9.28. The third-order valence-electron chi connectivity index (χ3n) is 2.75. The number of carbonyl (C=O) groups excluding carboxylic acids is 1. The summed E-state index contributed by atoms with van der Waals surface area (Å²) in [5.41, 5.74) is 5.01. The third kappa shape index (κ3) is 2.94. The number of nitrogens with two attached hydrogens (primary N) is 1. The number of anilines is 1. The van der Waals surface area contributed by atoms with Crippen LogP contribution in [0.3, 0.4) is 0 Å². The number of primary amides is 1. The van der Waals surface area contributed by atoms with Crippen molar-refractivity contribution in [3.63, 3.8) is 0 Å². The Morgan fingerprint density at radius 3 is 2.65 bits per heavy atom. The van der Waals surface area contributed by atoms with E-state index in [1.54, 1.807) is 0 Å². The smallest absolute Gasteiger partial charge is 0.292 e. The Morgan fingerprint density at radius 1 is 1.45 bits per heavy atom. The van der Waals surface area contributed by atoms with Gasteiger partial charge in [0.25, 0.3) is 5.69 Å². The highest BCUT2D eigenvalue weighted by atomic mass is 32.2. The van der Waals surface area contributed by atoms with Crippen LogP contribution in [0.15, 0.2) is 29.7 Å². The van der Waals surface area contributed by atoms with E-state index >= 15 is 0 Å². The van der Waals surface area contributed by atoms with Crippen LogP contribution < -0.4 is 11.1 Å². The fourth-order valence-corrected chi connectivity index (χ4v) is 3.06. The maximum Gasteiger partial charge on any atom is 0.292 e. The zero-order valence-electron chi connectivity index (χ0n) is 10.1. The predicted octanol–water partition coefficient (Wildman–Crippen LogP) is 0.416. The van der Waals surface area contributed by atoms with E-state index in [9.17, 15) is 23.3 Å². The first-order valence-corrected chi connectivity index (χ1v) is 7.26. The maximum absolute atomic E-state index is 11.3. The Hall–Kier alpha value is -2.42. The van der Waals surface area contributed by atoms with Crippen molar-refractivity contribution in [1.29, 1.82) is 0 Å². The van der Waals surface area contributed by atoms with E-state index in [0.29, 0.717) is 0 Å². The molecule has 1 unspecified atom stereocenters. The van der Waals surface area contributed by atoms with Crippen molar-refractivity contribution in [3.8, 4) is 0 Å². The number of nitrogens with one attached hydrogen (secondary N) is 1. The molecule has 9 heteroatoms. The summed E-state index contributed by atoms with van der Waals surface area (Å²) in [4.78, 5) is 21.4. The molecule has 8 nitrogen and oxygen atoms in total. The molecular formula is C11H11N3O5S. The first-order valence-electron chi connectivity index (χ1n) is 5.54. The number of sulfone groups is 1. The van der Waals surface area contributed by atoms with Crippen molar-refractivity contribution in [2.24, 2.45) is 5.73 Å². The summed E-state index contributed by atoms with van der Waals surface area (Å²) in [7, 11) is -3.28. The normalized spacial score (nSPS) is 19.7. The van der Waals surface area contributed by atoms with E-state index in [2.05, 4.69) is 5.32 Å². The molecule has 0 saturated carbocycles. The van der Waals surface area contributed by atoms with Crippen molar-refractivity contribution in [1.82, 2.24) is 0 Å². The Bertz CT molecular complexity index is 711. The highest BCUT2D eigenvalue weighted by Gasteiger charge is 2.24. The summed E-state index contributed by atoms with van der Waals surface area (Å²) in [5.74, 6) is -0.914. The summed E-state index contributed by atoms with van der Waals surface area (Å²) in [6, 6.07) is 3.05. The molecule has 1 atom stereocenters. The second-order valence-corrected chi connectivity index (χ2v) is 6.19. The van der Waals surface area contributed by atoms with Gasteiger partial charge in [0.15, 0.2) is 9.84 Å². The monoisotopic (exact) mass is 297 g/mol. The van der Waals surface area contributed by atoms with Gasteiger partial charge in [-0.2, -0.15) is 0 Å². The van der Waals surface area contributed by atoms with E-state index in [1.807, 2.05) is 0 Å². The van der Waals surface area contributed by atoms with Crippen LogP contribution in [0, 0.1) is 10.1 Å². The van der Waals surface area contributed by atoms with Crippen molar-refractivity contribution in [3.05, 3.63) is 45.4 Å². The third-order valence-corrected chi connectivity index (χ3v) is 4.14. The average Bonchev–Trinajstić information content (AvgIpc) is 2.68. The minimum atomic E-state index is -3.28. The summed E-state index contributed by atoms with van der Waals surface area (Å²) in [5, 5.41) is 14.7. The molecule has 0 saturated heterocycles. The van der Waals surface area contributed by atoms with Gasteiger partial charge in [-0.15, -0.1) is 0 Å². The number of hydrogen-bond donors (Lipinski definition) is 2. The number of carbonyl (C=O) groups is 1. The molecule has 0 bridgehead atoms. The lowest BCUT2D eigenvalue weighted by Crippen LogP contribution is -2.22. The van der Waals surface area contributed by atoms with E-state index in [4.69, 9.17) is 5.73 Å². The van der Waals surface area contributed by atoms with E-state index in [1.165, 1.54) is 18.2 Å². The molecule has 1 aliphatic rings. The summed E-state index contributed by atoms with van der Waals surface area (Å²) in [6.45, 7) is 0. The van der Waals surface area contributed by atoms with Gasteiger partial charge in [-0.25, -0.2) is 8.42 Å². The maximum atomic E-state index is 11.3. The molecule has 0 spiro atoms. The van der Waals surface area contributed by atoms with Crippen LogP contribution in [0.25, 0.3) is 0 Å². The van der Waals surface area contributed by atoms with Gasteiger partial charge < -0.3 is 11.1 Å². The predicted molar refractivity (Wildman–Crippen MR) is 72.0 cm³/mol. The highest BCUT2D eigenvalue weighted by molar-refractivity contribution is 7.94. The number of amides is 1. The van der Waals surface area contributed by atoms with Crippen molar-refractivity contribution < 1.29 is 18.1 Å². The first kappa shape index (κ1) is 14.0. The van der Waals surface area contributed by atoms with Crippen LogP contribution in [0.5, 0.6) is 0 Å². The van der Waals surface area contributed by atoms with Crippen LogP contribution in [0.4, 0.5) is 11.4 Å². The molecule has 1 aromatic rings. The molecule has 0 aliphatic carbocycles. The lowest BCUT2D eigenvalue weighted by molar-refractivity contribution is -0.384. The summed E-state index contributed by atoms with van der Waals surface area (Å²) >= 11 is 0. The SMILES string of the molecule is NC(=O)c1ccc([N+](=O)[O-])c(NC2C=CS(=O)(=O)C2)c1. The minimum absolute atomic E-state index is 0.0538. The Labute approximate surface area is 114 Å². The van der Waals surface area contributed by atoms with Crippen LogP contribution in [-0.2, 0) is 9.84 Å². The molecule has 1 aliphatic heterocycles. The quantitative estimate of drug-likeness (QED) is 0.611. The fraction of sp³-hybridized carbons (Fsp3) is 0.182. The van der Waals surface area contributed by atoms with Crippen LogP contribution >= 0.6 is 0 Å². The van der Waals surface area contributed by atoms with Gasteiger partial charge in [-0.05, 0) is 12.1 Å². The van der Waals surface area contributed by atoms with Gasteiger partial charge >= 0.3 is 0 Å². The zero-order valence-corrected chi connectivity index (χ0v) is 11.0. The number of benzene rings is 1. The summed E-state index contributed by atoms with van der Waals surface area (Å²) < 4.78 is 22.6. The molecule has 1 amide bonds. The van der Waals surface area contributed by atoms with Crippen molar-refractivity contribution >= 4 is 27.1 Å². The lowest BCUT2D eigenvalue weighted by Gasteiger charge is -2.12. The molecule has 1 heterocycles. The van der Waals surface area contributed by atoms with E-state index < -0.39 is 26.7 Å². The molecule has 106 valence electrons. The lowest BCUT2D eigenvalue weighted by atomic mass is 10.1. The molecule has 20 heavy (non-hydrogen) atoms. The Kier molecular flexibility index (Phi) is 3.45. The largest absolute Gasteiger partial charge is 0.372 e. The molecule has 0 aromatic heterocycles. The van der Waals surface area contributed by atoms with Crippen molar-refractivity contribution in [2.45, 2.75) is 6.04 Å². The molecule has 0 fully saturated rings. The molecule has 2 rings (SSSR count). The minimum Gasteiger partial charge on any atom is -0.372 e. The zero-order chi connectivity index (χ0) is 14.9. The van der Waals surface area contributed by atoms with Gasteiger partial charge in [0.1, 0.15) is 5.69 Å². The van der Waals surface area contributed by atoms with Gasteiger partial charge in [0, 0.05) is 17.0 Å². The topological polar surface area (TPSA) is 132 Å². The van der Waals surface area contributed by atoms with E-state index in [-0.39, 0.29) is 22.7 Å². The second-order valence-electron chi connectivity index (χ2n) is 4.26. The second kappa shape index (κ2) is 4.93. The molecular weight excluding hydrogens is 286 g/mol. The standard InChI is InChI=1S/C11H11N3O5S/c12-11(15)7-1-2-10(14(16)17)9(5-7)13-8-3-4-20(18,19)6-8/h1-5,8,13H,6H2,(H2,12,15).